The molecule has 6 heteroatoms. The molecule has 3 heterocycles. The Morgan fingerprint density at radius 3 is 2.53 bits per heavy atom. The highest BCUT2D eigenvalue weighted by molar-refractivity contribution is 5.80. The van der Waals surface area contributed by atoms with Crippen LogP contribution in [0.1, 0.15) is 50.2 Å². The summed E-state index contributed by atoms with van der Waals surface area (Å²) >= 11 is 0. The molecule has 1 aromatic carbocycles. The lowest BCUT2D eigenvalue weighted by atomic mass is 10.0. The van der Waals surface area contributed by atoms with E-state index in [4.69, 9.17) is 4.99 Å². The van der Waals surface area contributed by atoms with Gasteiger partial charge in [0.2, 0.25) is 0 Å². The first-order chi connectivity index (χ1) is 15.8. The summed E-state index contributed by atoms with van der Waals surface area (Å²) in [4.78, 5) is 14.4. The molecule has 0 atom stereocenters. The van der Waals surface area contributed by atoms with Crippen molar-refractivity contribution >= 4 is 11.8 Å². The number of anilines is 1. The molecule has 0 amide bonds. The number of likely N-dealkylation sites (tertiary alicyclic amines) is 1. The third kappa shape index (κ3) is 6.70. The molecule has 2 saturated heterocycles. The third-order valence-electron chi connectivity index (χ3n) is 6.43. The largest absolute Gasteiger partial charge is 0.357 e. The molecule has 2 aliphatic heterocycles. The van der Waals surface area contributed by atoms with Crippen molar-refractivity contribution in [3.8, 4) is 0 Å². The average molecular weight is 435 g/mol. The van der Waals surface area contributed by atoms with Crippen LogP contribution in [0.3, 0.4) is 0 Å². The van der Waals surface area contributed by atoms with Gasteiger partial charge in [-0.1, -0.05) is 30.3 Å². The smallest absolute Gasteiger partial charge is 0.191 e. The van der Waals surface area contributed by atoms with E-state index in [2.05, 4.69) is 74.8 Å². The van der Waals surface area contributed by atoms with Gasteiger partial charge in [0, 0.05) is 51.5 Å². The predicted molar refractivity (Wildman–Crippen MR) is 133 cm³/mol. The van der Waals surface area contributed by atoms with E-state index in [0.29, 0.717) is 12.6 Å². The van der Waals surface area contributed by atoms with Crippen molar-refractivity contribution in [2.24, 2.45) is 4.99 Å². The van der Waals surface area contributed by atoms with Crippen LogP contribution < -0.4 is 15.5 Å². The Labute approximate surface area is 193 Å². The molecule has 32 heavy (non-hydrogen) atoms. The fourth-order valence-electron chi connectivity index (χ4n) is 4.62. The van der Waals surface area contributed by atoms with Gasteiger partial charge in [-0.25, -0.2) is 9.98 Å². The third-order valence-corrected chi connectivity index (χ3v) is 6.43. The van der Waals surface area contributed by atoms with Crippen LogP contribution in [-0.4, -0.2) is 54.6 Å². The monoisotopic (exact) mass is 434 g/mol. The van der Waals surface area contributed by atoms with Crippen molar-refractivity contribution in [3.05, 3.63) is 59.8 Å². The van der Waals surface area contributed by atoms with E-state index in [0.717, 1.165) is 63.9 Å². The molecule has 0 radical (unpaired) electrons. The summed E-state index contributed by atoms with van der Waals surface area (Å²) < 4.78 is 0. The minimum absolute atomic E-state index is 0.473. The lowest BCUT2D eigenvalue weighted by Gasteiger charge is -2.33. The number of nitrogens with zero attached hydrogens (tertiary/aromatic N) is 4. The lowest BCUT2D eigenvalue weighted by Crippen LogP contribution is -2.48. The average Bonchev–Trinajstić information content (AvgIpc) is 2.85. The number of aliphatic imine (C=N–C) groups is 1. The number of pyridine rings is 1. The quantitative estimate of drug-likeness (QED) is 0.513. The first kappa shape index (κ1) is 22.6. The van der Waals surface area contributed by atoms with Gasteiger partial charge in [-0.15, -0.1) is 0 Å². The zero-order valence-corrected chi connectivity index (χ0v) is 19.5. The molecule has 172 valence electrons. The fourth-order valence-corrected chi connectivity index (χ4v) is 4.62. The highest BCUT2D eigenvalue weighted by atomic mass is 15.2. The van der Waals surface area contributed by atoms with E-state index < -0.39 is 0 Å². The number of rotatable bonds is 7. The normalized spacial score (nSPS) is 18.5. The number of piperidine rings is 2. The minimum atomic E-state index is 0.473. The van der Waals surface area contributed by atoms with Crippen LogP contribution >= 0.6 is 0 Å². The molecule has 0 spiro atoms. The van der Waals surface area contributed by atoms with Gasteiger partial charge in [0.25, 0.3) is 0 Å². The van der Waals surface area contributed by atoms with Crippen molar-refractivity contribution in [3.63, 3.8) is 0 Å². The summed E-state index contributed by atoms with van der Waals surface area (Å²) in [7, 11) is 0. The molecule has 0 bridgehead atoms. The van der Waals surface area contributed by atoms with E-state index in [1.165, 1.54) is 30.4 Å². The number of nitrogens with one attached hydrogen (secondary N) is 2. The molecule has 0 aliphatic carbocycles. The van der Waals surface area contributed by atoms with Crippen molar-refractivity contribution in [1.82, 2.24) is 20.5 Å². The van der Waals surface area contributed by atoms with Gasteiger partial charge in [-0.3, -0.25) is 4.90 Å². The summed E-state index contributed by atoms with van der Waals surface area (Å²) in [5.41, 5.74) is 2.62. The number of benzene rings is 1. The SMILES string of the molecule is CCNC(=NCc1ccnc(N2CCCCC2)c1)NC1CCN(Cc2ccccc2)CC1. The highest BCUT2D eigenvalue weighted by Gasteiger charge is 2.20. The van der Waals surface area contributed by atoms with Gasteiger partial charge in [0.15, 0.2) is 5.96 Å². The summed E-state index contributed by atoms with van der Waals surface area (Å²) in [5, 5.41) is 7.10. The summed E-state index contributed by atoms with van der Waals surface area (Å²) in [5.74, 6) is 2.02. The second kappa shape index (κ2) is 11.9. The molecule has 6 nitrogen and oxygen atoms in total. The molecule has 2 aromatic rings. The Morgan fingerprint density at radius 2 is 1.78 bits per heavy atom. The van der Waals surface area contributed by atoms with Crippen LogP contribution in [0.15, 0.2) is 53.7 Å². The van der Waals surface area contributed by atoms with Crippen LogP contribution in [0, 0.1) is 0 Å². The van der Waals surface area contributed by atoms with Gasteiger partial charge in [0.05, 0.1) is 6.54 Å². The second-order valence-corrected chi connectivity index (χ2v) is 8.95. The maximum Gasteiger partial charge on any atom is 0.191 e. The van der Waals surface area contributed by atoms with E-state index in [1.54, 1.807) is 0 Å². The molecular formula is C26H38N6. The number of hydrogen-bond acceptors (Lipinski definition) is 4. The number of guanidine groups is 1. The maximum absolute atomic E-state index is 4.89. The van der Waals surface area contributed by atoms with Crippen LogP contribution in [0.2, 0.25) is 0 Å². The van der Waals surface area contributed by atoms with Gasteiger partial charge < -0.3 is 15.5 Å². The Kier molecular flexibility index (Phi) is 8.37. The van der Waals surface area contributed by atoms with E-state index >= 15 is 0 Å². The van der Waals surface area contributed by atoms with Gasteiger partial charge >= 0.3 is 0 Å². The minimum Gasteiger partial charge on any atom is -0.357 e. The Hall–Kier alpha value is -2.60. The maximum atomic E-state index is 4.89. The van der Waals surface area contributed by atoms with E-state index in [-0.39, 0.29) is 0 Å². The first-order valence-corrected chi connectivity index (χ1v) is 12.3. The zero-order chi connectivity index (χ0) is 22.0. The van der Waals surface area contributed by atoms with E-state index in [9.17, 15) is 0 Å². The van der Waals surface area contributed by atoms with E-state index in [1.807, 2.05) is 6.20 Å². The van der Waals surface area contributed by atoms with Crippen molar-refractivity contribution in [2.75, 3.05) is 37.6 Å². The van der Waals surface area contributed by atoms with Crippen molar-refractivity contribution in [2.45, 2.75) is 58.2 Å². The highest BCUT2D eigenvalue weighted by Crippen LogP contribution is 2.19. The van der Waals surface area contributed by atoms with Crippen LogP contribution in [0.25, 0.3) is 0 Å². The van der Waals surface area contributed by atoms with Gasteiger partial charge in [-0.05, 0) is 62.3 Å². The van der Waals surface area contributed by atoms with Crippen LogP contribution in [-0.2, 0) is 13.1 Å². The topological polar surface area (TPSA) is 55.8 Å². The Morgan fingerprint density at radius 1 is 1.00 bits per heavy atom. The molecule has 2 fully saturated rings. The fraction of sp³-hybridized carbons (Fsp3) is 0.538. The first-order valence-electron chi connectivity index (χ1n) is 12.3. The van der Waals surface area contributed by atoms with Crippen molar-refractivity contribution in [1.29, 1.82) is 0 Å². The lowest BCUT2D eigenvalue weighted by molar-refractivity contribution is 0.198. The summed E-state index contributed by atoms with van der Waals surface area (Å²) in [6.45, 7) is 9.19. The standard InChI is InChI=1S/C26H38N6/c1-2-27-26(29-20-23-11-14-28-25(19-23)32-15-7-4-8-16-32)30-24-12-17-31(18-13-24)21-22-9-5-3-6-10-22/h3,5-6,9-11,14,19,24H,2,4,7-8,12-13,15-18,20-21H2,1H3,(H2,27,29,30). The van der Waals surface area contributed by atoms with Crippen LogP contribution in [0.5, 0.6) is 0 Å². The van der Waals surface area contributed by atoms with Crippen molar-refractivity contribution < 1.29 is 0 Å². The molecule has 2 N–H and O–H groups in total. The Balaban J connectivity index is 1.29. The number of aromatic nitrogens is 1. The summed E-state index contributed by atoms with van der Waals surface area (Å²) in [6, 6.07) is 15.5. The van der Waals surface area contributed by atoms with Gasteiger partial charge in [0.1, 0.15) is 5.82 Å². The second-order valence-electron chi connectivity index (χ2n) is 8.95. The number of hydrogen-bond donors (Lipinski definition) is 2. The summed E-state index contributed by atoms with van der Waals surface area (Å²) in [6.07, 6.45) is 8.09. The Bertz CT molecular complexity index is 838. The molecular weight excluding hydrogens is 396 g/mol. The van der Waals surface area contributed by atoms with Gasteiger partial charge in [-0.2, -0.15) is 0 Å². The molecule has 2 aliphatic rings. The molecule has 1 aromatic heterocycles. The zero-order valence-electron chi connectivity index (χ0n) is 19.5. The predicted octanol–water partition coefficient (Wildman–Crippen LogP) is 3.79. The molecule has 4 rings (SSSR count). The molecule has 0 saturated carbocycles. The molecule has 0 unspecified atom stereocenters. The van der Waals surface area contributed by atoms with Crippen LogP contribution in [0.4, 0.5) is 5.82 Å².